The number of carboxylic acid groups (broad SMARTS) is 1. The van der Waals surface area contributed by atoms with Crippen LogP contribution in [0.4, 0.5) is 0 Å². The average Bonchev–Trinajstić information content (AvgIpc) is 2.66. The number of hydrogen-bond donors (Lipinski definition) is 1. The van der Waals surface area contributed by atoms with Gasteiger partial charge in [0, 0.05) is 5.56 Å². The Balaban J connectivity index is 2.32. The number of aryl methyl sites for hydroxylation is 1. The van der Waals surface area contributed by atoms with Gasteiger partial charge >= 0.3 is 5.97 Å². The molecule has 0 fully saturated rings. The normalized spacial score (nSPS) is 10.3. The first-order valence-corrected chi connectivity index (χ1v) is 5.03. The SMILES string of the molecule is Cc1ccccc1-c1ccc(CC(=O)O)o1. The maximum atomic E-state index is 10.5. The molecule has 82 valence electrons. The Labute approximate surface area is 93.3 Å². The zero-order valence-corrected chi connectivity index (χ0v) is 8.93. The van der Waals surface area contributed by atoms with Gasteiger partial charge in [-0.25, -0.2) is 0 Å². The summed E-state index contributed by atoms with van der Waals surface area (Å²) in [6.07, 6.45) is -0.0775. The van der Waals surface area contributed by atoms with Gasteiger partial charge in [-0.05, 0) is 24.6 Å². The molecule has 0 aliphatic rings. The minimum atomic E-state index is -0.884. The summed E-state index contributed by atoms with van der Waals surface area (Å²) in [5, 5.41) is 8.64. The molecule has 0 amide bonds. The fraction of sp³-hybridized carbons (Fsp3) is 0.154. The lowest BCUT2D eigenvalue weighted by Crippen LogP contribution is -1.97. The van der Waals surface area contributed by atoms with Crippen molar-refractivity contribution in [2.45, 2.75) is 13.3 Å². The van der Waals surface area contributed by atoms with Gasteiger partial charge in [-0.15, -0.1) is 0 Å². The molecule has 16 heavy (non-hydrogen) atoms. The summed E-state index contributed by atoms with van der Waals surface area (Å²) in [5.41, 5.74) is 2.11. The Hall–Kier alpha value is -2.03. The van der Waals surface area contributed by atoms with Crippen molar-refractivity contribution in [2.75, 3.05) is 0 Å². The smallest absolute Gasteiger partial charge is 0.311 e. The maximum absolute atomic E-state index is 10.5. The molecule has 1 N–H and O–H groups in total. The molecule has 3 nitrogen and oxygen atoms in total. The van der Waals surface area contributed by atoms with Crippen LogP contribution in [0.3, 0.4) is 0 Å². The van der Waals surface area contributed by atoms with E-state index in [4.69, 9.17) is 9.52 Å². The van der Waals surface area contributed by atoms with Crippen molar-refractivity contribution in [1.82, 2.24) is 0 Å². The molecule has 1 heterocycles. The van der Waals surface area contributed by atoms with Crippen molar-refractivity contribution < 1.29 is 14.3 Å². The monoisotopic (exact) mass is 216 g/mol. The third-order valence-electron chi connectivity index (χ3n) is 2.40. The summed E-state index contributed by atoms with van der Waals surface area (Å²) in [6.45, 7) is 1.99. The van der Waals surface area contributed by atoms with Gasteiger partial charge in [0.15, 0.2) is 0 Å². The number of rotatable bonds is 3. The highest BCUT2D eigenvalue weighted by atomic mass is 16.4. The van der Waals surface area contributed by atoms with Crippen molar-refractivity contribution in [3.05, 3.63) is 47.7 Å². The first-order chi connectivity index (χ1) is 7.66. The van der Waals surface area contributed by atoms with Crippen LogP contribution in [0.15, 0.2) is 40.8 Å². The quantitative estimate of drug-likeness (QED) is 0.858. The predicted octanol–water partition coefficient (Wildman–Crippen LogP) is 2.88. The van der Waals surface area contributed by atoms with Crippen LogP contribution in [0.25, 0.3) is 11.3 Å². The molecule has 0 atom stereocenters. The topological polar surface area (TPSA) is 50.4 Å². The molecule has 0 spiro atoms. The Morgan fingerprint density at radius 2 is 2.00 bits per heavy atom. The molecule has 2 rings (SSSR count). The molecule has 0 aliphatic carbocycles. The second-order valence-electron chi connectivity index (χ2n) is 3.65. The van der Waals surface area contributed by atoms with E-state index in [0.717, 1.165) is 11.1 Å². The predicted molar refractivity (Wildman–Crippen MR) is 60.2 cm³/mol. The molecular formula is C13H12O3. The van der Waals surface area contributed by atoms with Gasteiger partial charge in [0.25, 0.3) is 0 Å². The largest absolute Gasteiger partial charge is 0.481 e. The van der Waals surface area contributed by atoms with Crippen molar-refractivity contribution in [3.63, 3.8) is 0 Å². The van der Waals surface area contributed by atoms with E-state index in [1.54, 1.807) is 12.1 Å². The van der Waals surface area contributed by atoms with Crippen LogP contribution in [-0.2, 0) is 11.2 Å². The summed E-state index contributed by atoms with van der Waals surface area (Å²) in [6, 6.07) is 11.4. The van der Waals surface area contributed by atoms with Crippen molar-refractivity contribution >= 4 is 5.97 Å². The molecule has 0 unspecified atom stereocenters. The van der Waals surface area contributed by atoms with Gasteiger partial charge in [-0.2, -0.15) is 0 Å². The Bertz CT molecular complexity index is 511. The molecule has 1 aromatic carbocycles. The summed E-state index contributed by atoms with van der Waals surface area (Å²) in [7, 11) is 0. The Morgan fingerprint density at radius 3 is 2.69 bits per heavy atom. The number of furan rings is 1. The minimum Gasteiger partial charge on any atom is -0.481 e. The lowest BCUT2D eigenvalue weighted by molar-refractivity contribution is -0.136. The summed E-state index contributed by atoms with van der Waals surface area (Å²) < 4.78 is 5.48. The highest BCUT2D eigenvalue weighted by Crippen LogP contribution is 2.25. The van der Waals surface area contributed by atoms with Crippen molar-refractivity contribution in [2.24, 2.45) is 0 Å². The van der Waals surface area contributed by atoms with Crippen molar-refractivity contribution in [1.29, 1.82) is 0 Å². The van der Waals surface area contributed by atoms with Gasteiger partial charge in [-0.3, -0.25) is 4.79 Å². The van der Waals surface area contributed by atoms with E-state index in [2.05, 4.69) is 0 Å². The first kappa shape index (κ1) is 10.5. The molecule has 1 aromatic heterocycles. The number of aliphatic carboxylic acids is 1. The van der Waals surface area contributed by atoms with E-state index < -0.39 is 5.97 Å². The zero-order valence-electron chi connectivity index (χ0n) is 8.93. The fourth-order valence-electron chi connectivity index (χ4n) is 1.62. The lowest BCUT2D eigenvalue weighted by atomic mass is 10.1. The second kappa shape index (κ2) is 4.23. The van der Waals surface area contributed by atoms with Crippen molar-refractivity contribution in [3.8, 4) is 11.3 Å². The van der Waals surface area contributed by atoms with Crippen LogP contribution < -0.4 is 0 Å². The highest BCUT2D eigenvalue weighted by Gasteiger charge is 2.09. The van der Waals surface area contributed by atoms with Crippen LogP contribution in [-0.4, -0.2) is 11.1 Å². The molecule has 3 heteroatoms. The first-order valence-electron chi connectivity index (χ1n) is 5.03. The van der Waals surface area contributed by atoms with Crippen LogP contribution in [0.2, 0.25) is 0 Å². The van der Waals surface area contributed by atoms with Crippen LogP contribution in [0.1, 0.15) is 11.3 Å². The summed E-state index contributed by atoms with van der Waals surface area (Å²) in [4.78, 5) is 10.5. The van der Waals surface area contributed by atoms with Gasteiger partial charge in [0.1, 0.15) is 17.9 Å². The van der Waals surface area contributed by atoms with Crippen LogP contribution in [0, 0.1) is 6.92 Å². The standard InChI is InChI=1S/C13H12O3/c1-9-4-2-3-5-11(9)12-7-6-10(16-12)8-13(14)15/h2-7H,8H2,1H3,(H,14,15). The number of carboxylic acids is 1. The molecule has 0 saturated heterocycles. The molecule has 0 bridgehead atoms. The number of hydrogen-bond acceptors (Lipinski definition) is 2. The van der Waals surface area contributed by atoms with E-state index in [9.17, 15) is 4.79 Å². The third kappa shape index (κ3) is 2.14. The Morgan fingerprint density at radius 1 is 1.25 bits per heavy atom. The van der Waals surface area contributed by atoms with Crippen LogP contribution >= 0.6 is 0 Å². The highest BCUT2D eigenvalue weighted by molar-refractivity contribution is 5.70. The number of benzene rings is 1. The third-order valence-corrected chi connectivity index (χ3v) is 2.40. The van der Waals surface area contributed by atoms with E-state index >= 15 is 0 Å². The minimum absolute atomic E-state index is 0.0775. The van der Waals surface area contributed by atoms with Gasteiger partial charge < -0.3 is 9.52 Å². The van der Waals surface area contributed by atoms with Gasteiger partial charge in [0.2, 0.25) is 0 Å². The fourth-order valence-corrected chi connectivity index (χ4v) is 1.62. The molecule has 0 aliphatic heterocycles. The summed E-state index contributed by atoms with van der Waals surface area (Å²) in [5.74, 6) is 0.311. The van der Waals surface area contributed by atoms with E-state index in [-0.39, 0.29) is 6.42 Å². The molecule has 0 saturated carbocycles. The Kier molecular flexibility index (Phi) is 2.77. The zero-order chi connectivity index (χ0) is 11.5. The van der Waals surface area contributed by atoms with E-state index in [1.165, 1.54) is 0 Å². The number of carbonyl (C=O) groups is 1. The van der Waals surface area contributed by atoms with Crippen LogP contribution in [0.5, 0.6) is 0 Å². The summed E-state index contributed by atoms with van der Waals surface area (Å²) >= 11 is 0. The molecular weight excluding hydrogens is 204 g/mol. The van der Waals surface area contributed by atoms with Gasteiger partial charge in [0.05, 0.1) is 0 Å². The van der Waals surface area contributed by atoms with E-state index in [1.807, 2.05) is 31.2 Å². The van der Waals surface area contributed by atoms with E-state index in [0.29, 0.717) is 11.5 Å². The second-order valence-corrected chi connectivity index (χ2v) is 3.65. The molecule has 2 aromatic rings. The maximum Gasteiger partial charge on any atom is 0.311 e. The average molecular weight is 216 g/mol. The molecule has 0 radical (unpaired) electrons. The lowest BCUT2D eigenvalue weighted by Gasteiger charge is -2.00. The van der Waals surface area contributed by atoms with Gasteiger partial charge in [-0.1, -0.05) is 24.3 Å².